The van der Waals surface area contributed by atoms with Gasteiger partial charge in [-0.05, 0) is 18.9 Å². The lowest BCUT2D eigenvalue weighted by molar-refractivity contribution is 0.219. The molecule has 0 aliphatic heterocycles. The number of rotatable bonds is 7. The summed E-state index contributed by atoms with van der Waals surface area (Å²) in [6, 6.07) is 1.30. The normalized spacial score (nSPS) is 12.3. The Balaban J connectivity index is 3.24. The molecule has 19 heavy (non-hydrogen) atoms. The van der Waals surface area contributed by atoms with Gasteiger partial charge in [0.2, 0.25) is 10.0 Å². The quantitative estimate of drug-likeness (QED) is 0.774. The highest BCUT2D eigenvalue weighted by atomic mass is 32.2. The van der Waals surface area contributed by atoms with Crippen molar-refractivity contribution in [3.8, 4) is 0 Å². The third-order valence-electron chi connectivity index (χ3n) is 3.07. The van der Waals surface area contributed by atoms with E-state index in [4.69, 9.17) is 10.8 Å². The lowest BCUT2D eigenvalue weighted by Crippen LogP contribution is -2.41. The molecule has 0 bridgehead atoms. The Hall–Kier alpha value is -1.18. The summed E-state index contributed by atoms with van der Waals surface area (Å²) in [5.41, 5.74) is 5.89. The number of sulfonamides is 1. The molecule has 0 spiro atoms. The zero-order valence-electron chi connectivity index (χ0n) is 11.3. The van der Waals surface area contributed by atoms with Crippen molar-refractivity contribution in [3.63, 3.8) is 0 Å². The Kier molecular flexibility index (Phi) is 5.71. The number of hydrogen-bond donors (Lipinski definition) is 2. The van der Waals surface area contributed by atoms with Gasteiger partial charge in [-0.25, -0.2) is 8.42 Å². The lowest BCUT2D eigenvalue weighted by atomic mass is 10.2. The number of nitrogens with two attached hydrogens (primary N) is 1. The first kappa shape index (κ1) is 15.9. The van der Waals surface area contributed by atoms with E-state index >= 15 is 0 Å². The van der Waals surface area contributed by atoms with E-state index in [2.05, 4.69) is 4.98 Å². The number of aromatic nitrogens is 1. The highest BCUT2D eigenvalue weighted by Gasteiger charge is 2.30. The van der Waals surface area contributed by atoms with E-state index in [0.29, 0.717) is 12.8 Å². The molecule has 1 aromatic rings. The van der Waals surface area contributed by atoms with Gasteiger partial charge in [-0.1, -0.05) is 13.8 Å². The smallest absolute Gasteiger partial charge is 0.246 e. The molecule has 1 aromatic heterocycles. The molecule has 0 aliphatic carbocycles. The van der Waals surface area contributed by atoms with Crippen LogP contribution in [0.1, 0.15) is 26.7 Å². The van der Waals surface area contributed by atoms with Crippen molar-refractivity contribution < 1.29 is 13.5 Å². The predicted octanol–water partition coefficient (Wildman–Crippen LogP) is 0.835. The fourth-order valence-corrected chi connectivity index (χ4v) is 3.85. The van der Waals surface area contributed by atoms with Crippen molar-refractivity contribution in [3.05, 3.63) is 18.5 Å². The molecule has 0 aliphatic rings. The van der Waals surface area contributed by atoms with Crippen LogP contribution in [-0.4, -0.2) is 42.0 Å². The number of hydrogen-bond acceptors (Lipinski definition) is 5. The van der Waals surface area contributed by atoms with Gasteiger partial charge in [0.25, 0.3) is 0 Å². The maximum Gasteiger partial charge on any atom is 0.246 e. The third kappa shape index (κ3) is 3.43. The van der Waals surface area contributed by atoms with Crippen LogP contribution < -0.4 is 5.73 Å². The summed E-state index contributed by atoms with van der Waals surface area (Å²) in [5.74, 6) is 0. The van der Waals surface area contributed by atoms with E-state index in [0.717, 1.165) is 0 Å². The van der Waals surface area contributed by atoms with Crippen molar-refractivity contribution in [1.29, 1.82) is 0 Å². The van der Waals surface area contributed by atoms with Crippen LogP contribution in [0.3, 0.4) is 0 Å². The Morgan fingerprint density at radius 2 is 2.05 bits per heavy atom. The van der Waals surface area contributed by atoms with Crippen LogP contribution in [0.15, 0.2) is 23.4 Å². The standard InChI is InChI=1S/C12H21N3O3S/c1-3-10(4-2)15(7-8-16)19(17,18)12-9-14-6-5-11(12)13/h5-6,9-10,16H,3-4,7-8H2,1-2H3,(H2,13,14). The predicted molar refractivity (Wildman–Crippen MR) is 74.0 cm³/mol. The van der Waals surface area contributed by atoms with Crippen LogP contribution in [0.2, 0.25) is 0 Å². The zero-order valence-corrected chi connectivity index (χ0v) is 12.1. The Morgan fingerprint density at radius 3 is 2.53 bits per heavy atom. The largest absolute Gasteiger partial charge is 0.398 e. The van der Waals surface area contributed by atoms with E-state index in [1.807, 2.05) is 13.8 Å². The van der Waals surface area contributed by atoms with Crippen molar-refractivity contribution in [2.75, 3.05) is 18.9 Å². The number of nitrogen functional groups attached to an aromatic ring is 1. The molecule has 108 valence electrons. The summed E-state index contributed by atoms with van der Waals surface area (Å²) >= 11 is 0. The minimum absolute atomic E-state index is 0.00431. The zero-order chi connectivity index (χ0) is 14.5. The highest BCUT2D eigenvalue weighted by molar-refractivity contribution is 7.89. The summed E-state index contributed by atoms with van der Waals surface area (Å²) in [6.07, 6.45) is 4.05. The van der Waals surface area contributed by atoms with Gasteiger partial charge in [0, 0.05) is 25.0 Å². The minimum atomic E-state index is -3.73. The number of pyridine rings is 1. The lowest BCUT2D eigenvalue weighted by Gasteiger charge is -2.29. The van der Waals surface area contributed by atoms with Gasteiger partial charge >= 0.3 is 0 Å². The molecule has 0 fully saturated rings. The first-order chi connectivity index (χ1) is 8.98. The molecule has 0 amide bonds. The van der Waals surface area contributed by atoms with Gasteiger partial charge in [0.05, 0.1) is 12.3 Å². The van der Waals surface area contributed by atoms with Crippen LogP contribution >= 0.6 is 0 Å². The SMILES string of the molecule is CCC(CC)N(CCO)S(=O)(=O)c1cnccc1N. The molecule has 6 nitrogen and oxygen atoms in total. The van der Waals surface area contributed by atoms with E-state index in [9.17, 15) is 8.42 Å². The van der Waals surface area contributed by atoms with E-state index < -0.39 is 10.0 Å². The number of aliphatic hydroxyl groups is 1. The topological polar surface area (TPSA) is 96.5 Å². The molecule has 1 rings (SSSR count). The Labute approximate surface area is 114 Å². The van der Waals surface area contributed by atoms with Crippen molar-refractivity contribution >= 4 is 15.7 Å². The molecule has 1 heterocycles. The summed E-state index contributed by atoms with van der Waals surface area (Å²) in [4.78, 5) is 3.81. The molecule has 0 unspecified atom stereocenters. The van der Waals surface area contributed by atoms with Gasteiger partial charge < -0.3 is 10.8 Å². The summed E-state index contributed by atoms with van der Waals surface area (Å²) in [6.45, 7) is 3.67. The van der Waals surface area contributed by atoms with Gasteiger partial charge in [0.1, 0.15) is 4.90 Å². The van der Waals surface area contributed by atoms with Crippen molar-refractivity contribution in [2.45, 2.75) is 37.6 Å². The number of anilines is 1. The summed E-state index contributed by atoms with van der Waals surface area (Å²) < 4.78 is 26.5. The summed E-state index contributed by atoms with van der Waals surface area (Å²) in [7, 11) is -3.73. The van der Waals surface area contributed by atoms with Gasteiger partial charge in [-0.15, -0.1) is 0 Å². The maximum atomic E-state index is 12.6. The van der Waals surface area contributed by atoms with Crippen LogP contribution in [0, 0.1) is 0 Å². The molecule has 3 N–H and O–H groups in total. The second kappa shape index (κ2) is 6.83. The van der Waals surface area contributed by atoms with E-state index in [-0.39, 0.29) is 29.8 Å². The second-order valence-electron chi connectivity index (χ2n) is 4.22. The Bertz CT molecular complexity index is 501. The number of aliphatic hydroxyl groups excluding tert-OH is 1. The second-order valence-corrected chi connectivity index (χ2v) is 6.08. The average Bonchev–Trinajstić information content (AvgIpc) is 2.39. The molecule has 0 saturated heterocycles. The van der Waals surface area contributed by atoms with Gasteiger partial charge in [0.15, 0.2) is 0 Å². The Morgan fingerprint density at radius 1 is 1.42 bits per heavy atom. The van der Waals surface area contributed by atoms with Crippen LogP contribution in [-0.2, 0) is 10.0 Å². The van der Waals surface area contributed by atoms with Gasteiger partial charge in [-0.2, -0.15) is 4.31 Å². The summed E-state index contributed by atoms with van der Waals surface area (Å²) in [5, 5.41) is 9.10. The fourth-order valence-electron chi connectivity index (χ4n) is 2.03. The monoisotopic (exact) mass is 287 g/mol. The maximum absolute atomic E-state index is 12.6. The first-order valence-electron chi connectivity index (χ1n) is 6.31. The van der Waals surface area contributed by atoms with Crippen LogP contribution in [0.4, 0.5) is 5.69 Å². The van der Waals surface area contributed by atoms with Gasteiger partial charge in [-0.3, -0.25) is 4.98 Å². The average molecular weight is 287 g/mol. The molecule has 0 saturated carbocycles. The third-order valence-corrected chi connectivity index (χ3v) is 5.07. The molecular formula is C12H21N3O3S. The first-order valence-corrected chi connectivity index (χ1v) is 7.75. The number of nitrogens with zero attached hydrogens (tertiary/aromatic N) is 2. The fraction of sp³-hybridized carbons (Fsp3) is 0.583. The molecule has 0 radical (unpaired) electrons. The van der Waals surface area contributed by atoms with Crippen molar-refractivity contribution in [1.82, 2.24) is 9.29 Å². The highest BCUT2D eigenvalue weighted by Crippen LogP contribution is 2.24. The van der Waals surface area contributed by atoms with Crippen LogP contribution in [0.5, 0.6) is 0 Å². The molecule has 0 atom stereocenters. The van der Waals surface area contributed by atoms with E-state index in [1.54, 1.807) is 0 Å². The molecule has 0 aromatic carbocycles. The minimum Gasteiger partial charge on any atom is -0.398 e. The molecular weight excluding hydrogens is 266 g/mol. The molecule has 7 heteroatoms. The van der Waals surface area contributed by atoms with E-state index in [1.165, 1.54) is 22.8 Å². The van der Waals surface area contributed by atoms with Crippen molar-refractivity contribution in [2.24, 2.45) is 0 Å². The van der Waals surface area contributed by atoms with Crippen LogP contribution in [0.25, 0.3) is 0 Å².